The van der Waals surface area contributed by atoms with E-state index >= 15 is 0 Å². The summed E-state index contributed by atoms with van der Waals surface area (Å²) in [4.78, 5) is 0. The number of hydrogen-bond acceptors (Lipinski definition) is 2. The number of rotatable bonds is 4. The molecule has 0 unspecified atom stereocenters. The second kappa shape index (κ2) is 6.44. The van der Waals surface area contributed by atoms with Crippen LogP contribution in [0.5, 0.6) is 5.75 Å². The predicted molar refractivity (Wildman–Crippen MR) is 86.9 cm³/mol. The average molecular weight is 385 g/mol. The van der Waals surface area contributed by atoms with Crippen LogP contribution < -0.4 is 10.1 Å². The fourth-order valence-electron chi connectivity index (χ4n) is 1.90. The van der Waals surface area contributed by atoms with Crippen molar-refractivity contribution >= 4 is 37.5 Å². The largest absolute Gasteiger partial charge is 0.496 e. The normalized spacial score (nSPS) is 10.3. The van der Waals surface area contributed by atoms with E-state index in [0.717, 1.165) is 25.9 Å². The van der Waals surface area contributed by atoms with Crippen LogP contribution in [0.1, 0.15) is 11.1 Å². The summed E-state index contributed by atoms with van der Waals surface area (Å²) in [6.07, 6.45) is 0. The van der Waals surface area contributed by atoms with E-state index in [1.807, 2.05) is 24.3 Å². The molecule has 0 heterocycles. The van der Waals surface area contributed by atoms with Gasteiger partial charge in [0.1, 0.15) is 5.75 Å². The Balaban J connectivity index is 2.21. The molecule has 2 rings (SSSR count). The van der Waals surface area contributed by atoms with Crippen LogP contribution in [0.25, 0.3) is 0 Å². The lowest BCUT2D eigenvalue weighted by Gasteiger charge is -2.13. The fourth-order valence-corrected chi connectivity index (χ4v) is 3.17. The highest BCUT2D eigenvalue weighted by molar-refractivity contribution is 9.11. The van der Waals surface area contributed by atoms with Crippen molar-refractivity contribution in [3.63, 3.8) is 0 Å². The first-order valence-electron chi connectivity index (χ1n) is 5.93. The second-order valence-corrected chi connectivity index (χ2v) is 5.97. The van der Waals surface area contributed by atoms with Gasteiger partial charge in [-0.1, -0.05) is 23.8 Å². The lowest BCUT2D eigenvalue weighted by Crippen LogP contribution is -2.03. The number of aryl methyl sites for hydroxylation is 1. The zero-order valence-electron chi connectivity index (χ0n) is 10.8. The molecule has 100 valence electrons. The number of methoxy groups -OCH3 is 1. The van der Waals surface area contributed by atoms with Crippen molar-refractivity contribution in [3.05, 3.63) is 56.5 Å². The maximum atomic E-state index is 5.39. The van der Waals surface area contributed by atoms with Crippen LogP contribution in [0.3, 0.4) is 0 Å². The van der Waals surface area contributed by atoms with E-state index in [-0.39, 0.29) is 0 Å². The summed E-state index contributed by atoms with van der Waals surface area (Å²) in [6, 6.07) is 12.2. The quantitative estimate of drug-likeness (QED) is 0.787. The van der Waals surface area contributed by atoms with Crippen LogP contribution >= 0.6 is 31.9 Å². The molecule has 0 radical (unpaired) electrons. The van der Waals surface area contributed by atoms with Crippen molar-refractivity contribution in [2.24, 2.45) is 0 Å². The molecule has 0 saturated heterocycles. The van der Waals surface area contributed by atoms with Gasteiger partial charge in [-0.3, -0.25) is 0 Å². The number of ether oxygens (including phenoxy) is 1. The minimum Gasteiger partial charge on any atom is -0.496 e. The standard InChI is InChI=1S/C15H15Br2NO/c1-10-6-7-14(19-2)11(8-10)9-18-15-12(16)4-3-5-13(15)17/h3-8,18H,9H2,1-2H3. The molecule has 0 saturated carbocycles. The Labute approximate surface area is 130 Å². The van der Waals surface area contributed by atoms with Gasteiger partial charge in [-0.2, -0.15) is 0 Å². The number of benzene rings is 2. The Morgan fingerprint density at radius 1 is 1.11 bits per heavy atom. The first-order chi connectivity index (χ1) is 9.11. The molecule has 0 fully saturated rings. The van der Waals surface area contributed by atoms with Crippen LogP contribution in [-0.2, 0) is 6.54 Å². The molecule has 1 N–H and O–H groups in total. The van der Waals surface area contributed by atoms with E-state index < -0.39 is 0 Å². The van der Waals surface area contributed by atoms with Crippen LogP contribution in [-0.4, -0.2) is 7.11 Å². The van der Waals surface area contributed by atoms with Gasteiger partial charge < -0.3 is 10.1 Å². The summed E-state index contributed by atoms with van der Waals surface area (Å²) < 4.78 is 7.46. The molecule has 2 aromatic rings. The summed E-state index contributed by atoms with van der Waals surface area (Å²) in [5, 5.41) is 3.43. The smallest absolute Gasteiger partial charge is 0.123 e. The monoisotopic (exact) mass is 383 g/mol. The van der Waals surface area contributed by atoms with Gasteiger partial charge in [0, 0.05) is 21.1 Å². The number of para-hydroxylation sites is 1. The number of anilines is 1. The average Bonchev–Trinajstić information content (AvgIpc) is 2.38. The van der Waals surface area contributed by atoms with E-state index in [1.165, 1.54) is 5.56 Å². The van der Waals surface area contributed by atoms with Gasteiger partial charge in [0.15, 0.2) is 0 Å². The number of halogens is 2. The minimum atomic E-state index is 0.714. The zero-order valence-corrected chi connectivity index (χ0v) is 14.0. The molecule has 0 aromatic heterocycles. The Kier molecular flexibility index (Phi) is 4.88. The molecule has 19 heavy (non-hydrogen) atoms. The molecular formula is C15H15Br2NO. The lowest BCUT2D eigenvalue weighted by atomic mass is 10.1. The number of hydrogen-bond donors (Lipinski definition) is 1. The van der Waals surface area contributed by atoms with Crippen molar-refractivity contribution in [1.29, 1.82) is 0 Å². The van der Waals surface area contributed by atoms with Gasteiger partial charge in [0.25, 0.3) is 0 Å². The third-order valence-corrected chi connectivity index (χ3v) is 4.18. The third kappa shape index (κ3) is 3.51. The Bertz CT molecular complexity index is 564. The zero-order chi connectivity index (χ0) is 13.8. The summed E-state index contributed by atoms with van der Waals surface area (Å²) in [6.45, 7) is 2.79. The highest BCUT2D eigenvalue weighted by Crippen LogP contribution is 2.31. The van der Waals surface area contributed by atoms with Crippen molar-refractivity contribution < 1.29 is 4.74 Å². The minimum absolute atomic E-state index is 0.714. The molecule has 0 bridgehead atoms. The Morgan fingerprint density at radius 2 is 1.79 bits per heavy atom. The lowest BCUT2D eigenvalue weighted by molar-refractivity contribution is 0.410. The molecule has 0 spiro atoms. The van der Waals surface area contributed by atoms with Crippen LogP contribution in [0.4, 0.5) is 5.69 Å². The summed E-state index contributed by atoms with van der Waals surface area (Å²) in [5.41, 5.74) is 3.42. The molecule has 0 aliphatic carbocycles. The molecule has 2 aromatic carbocycles. The fraction of sp³-hybridized carbons (Fsp3) is 0.200. The summed E-state index contributed by atoms with van der Waals surface area (Å²) >= 11 is 7.09. The van der Waals surface area contributed by atoms with E-state index in [4.69, 9.17) is 4.74 Å². The molecule has 2 nitrogen and oxygen atoms in total. The molecule has 0 amide bonds. The topological polar surface area (TPSA) is 21.3 Å². The van der Waals surface area contributed by atoms with Crippen molar-refractivity contribution in [2.45, 2.75) is 13.5 Å². The highest BCUT2D eigenvalue weighted by atomic mass is 79.9. The highest BCUT2D eigenvalue weighted by Gasteiger charge is 2.07. The van der Waals surface area contributed by atoms with Crippen molar-refractivity contribution in [1.82, 2.24) is 0 Å². The van der Waals surface area contributed by atoms with Gasteiger partial charge >= 0.3 is 0 Å². The Hall–Kier alpha value is -1.000. The molecule has 0 atom stereocenters. The van der Waals surface area contributed by atoms with E-state index in [2.05, 4.69) is 56.2 Å². The Morgan fingerprint density at radius 3 is 2.42 bits per heavy atom. The van der Waals surface area contributed by atoms with E-state index in [0.29, 0.717) is 6.54 Å². The maximum absolute atomic E-state index is 5.39. The molecule has 0 aliphatic heterocycles. The van der Waals surface area contributed by atoms with E-state index in [1.54, 1.807) is 7.11 Å². The van der Waals surface area contributed by atoms with Crippen LogP contribution in [0.2, 0.25) is 0 Å². The van der Waals surface area contributed by atoms with Gasteiger partial charge in [-0.05, 0) is 57.0 Å². The summed E-state index contributed by atoms with van der Waals surface area (Å²) in [5.74, 6) is 0.904. The van der Waals surface area contributed by atoms with Gasteiger partial charge in [-0.25, -0.2) is 0 Å². The molecule has 0 aliphatic rings. The van der Waals surface area contributed by atoms with Crippen molar-refractivity contribution in [2.75, 3.05) is 12.4 Å². The maximum Gasteiger partial charge on any atom is 0.123 e. The SMILES string of the molecule is COc1ccc(C)cc1CNc1c(Br)cccc1Br. The molecule has 4 heteroatoms. The van der Waals surface area contributed by atoms with Crippen LogP contribution in [0, 0.1) is 6.92 Å². The first kappa shape index (κ1) is 14.4. The van der Waals surface area contributed by atoms with Gasteiger partial charge in [0.2, 0.25) is 0 Å². The van der Waals surface area contributed by atoms with Crippen LogP contribution in [0.15, 0.2) is 45.3 Å². The van der Waals surface area contributed by atoms with Gasteiger partial charge in [-0.15, -0.1) is 0 Å². The predicted octanol–water partition coefficient (Wildman–Crippen LogP) is 5.14. The first-order valence-corrected chi connectivity index (χ1v) is 7.52. The van der Waals surface area contributed by atoms with Crippen molar-refractivity contribution in [3.8, 4) is 5.75 Å². The third-order valence-electron chi connectivity index (χ3n) is 2.85. The second-order valence-electron chi connectivity index (χ2n) is 4.27. The number of nitrogens with one attached hydrogen (secondary N) is 1. The van der Waals surface area contributed by atoms with E-state index in [9.17, 15) is 0 Å². The molecular weight excluding hydrogens is 370 g/mol. The van der Waals surface area contributed by atoms with Gasteiger partial charge in [0.05, 0.1) is 12.8 Å². The summed E-state index contributed by atoms with van der Waals surface area (Å²) in [7, 11) is 1.70.